The summed E-state index contributed by atoms with van der Waals surface area (Å²) < 4.78 is 36.4. The van der Waals surface area contributed by atoms with Gasteiger partial charge in [0.15, 0.2) is 5.82 Å². The standard InChI is InChI=1S/C9H9F3N4O/c10-9(11,12)1-2-16-4-7(17)15-6-3-13-5-14-8(6)16/h3,5H,1-2,4H2,(H,15,17). The number of aromatic nitrogens is 2. The smallest absolute Gasteiger partial charge is 0.345 e. The molecule has 0 atom stereocenters. The first-order chi connectivity index (χ1) is 7.96. The minimum atomic E-state index is -4.25. The number of amides is 1. The van der Waals surface area contributed by atoms with Gasteiger partial charge in [-0.15, -0.1) is 0 Å². The Hall–Kier alpha value is -1.86. The van der Waals surface area contributed by atoms with Crippen LogP contribution in [0.2, 0.25) is 0 Å². The number of nitrogens with zero attached hydrogens (tertiary/aromatic N) is 3. The zero-order valence-electron chi connectivity index (χ0n) is 8.66. The maximum atomic E-state index is 12.1. The maximum absolute atomic E-state index is 12.1. The second-order valence-electron chi connectivity index (χ2n) is 3.59. The number of hydrogen-bond donors (Lipinski definition) is 1. The molecule has 1 aliphatic heterocycles. The highest BCUT2D eigenvalue weighted by molar-refractivity contribution is 5.99. The van der Waals surface area contributed by atoms with Crippen molar-refractivity contribution in [3.8, 4) is 0 Å². The first-order valence-electron chi connectivity index (χ1n) is 4.87. The average Bonchev–Trinajstić information content (AvgIpc) is 2.24. The summed E-state index contributed by atoms with van der Waals surface area (Å²) >= 11 is 0. The number of fused-ring (bicyclic) bond motifs is 1. The molecule has 0 spiro atoms. The number of halogens is 3. The van der Waals surface area contributed by atoms with Gasteiger partial charge in [0.2, 0.25) is 5.91 Å². The molecule has 1 aliphatic rings. The van der Waals surface area contributed by atoms with E-state index in [1.54, 1.807) is 0 Å². The molecule has 17 heavy (non-hydrogen) atoms. The summed E-state index contributed by atoms with van der Waals surface area (Å²) in [6.07, 6.45) is -2.64. The van der Waals surface area contributed by atoms with Crippen LogP contribution in [0.25, 0.3) is 0 Å². The SMILES string of the molecule is O=C1CN(CCC(F)(F)F)c2ncncc2N1. The van der Waals surface area contributed by atoms with Gasteiger partial charge in [-0.2, -0.15) is 13.2 Å². The minimum Gasteiger partial charge on any atom is -0.345 e. The predicted octanol–water partition coefficient (Wildman–Crippen LogP) is 1.19. The molecule has 0 aliphatic carbocycles. The topological polar surface area (TPSA) is 58.1 Å². The van der Waals surface area contributed by atoms with Crippen LogP contribution in [0.4, 0.5) is 24.7 Å². The van der Waals surface area contributed by atoms with Gasteiger partial charge in [-0.3, -0.25) is 4.79 Å². The number of rotatable bonds is 2. The molecule has 1 N–H and O–H groups in total. The highest BCUT2D eigenvalue weighted by atomic mass is 19.4. The van der Waals surface area contributed by atoms with Crippen LogP contribution in [0.15, 0.2) is 12.5 Å². The summed E-state index contributed by atoms with van der Waals surface area (Å²) in [5.74, 6) is -0.0432. The van der Waals surface area contributed by atoms with E-state index in [9.17, 15) is 18.0 Å². The van der Waals surface area contributed by atoms with E-state index in [2.05, 4.69) is 15.3 Å². The Bertz CT molecular complexity index is 434. The van der Waals surface area contributed by atoms with Gasteiger partial charge in [-0.05, 0) is 0 Å². The molecule has 0 saturated heterocycles. The van der Waals surface area contributed by atoms with Crippen LogP contribution in [-0.4, -0.2) is 35.1 Å². The van der Waals surface area contributed by atoms with Gasteiger partial charge >= 0.3 is 6.18 Å². The normalized spacial score (nSPS) is 15.5. The molecule has 0 bridgehead atoms. The van der Waals surface area contributed by atoms with Crippen LogP contribution in [0, 0.1) is 0 Å². The van der Waals surface area contributed by atoms with E-state index < -0.39 is 12.6 Å². The van der Waals surface area contributed by atoms with E-state index in [0.29, 0.717) is 11.5 Å². The third-order valence-corrected chi connectivity index (χ3v) is 2.26. The van der Waals surface area contributed by atoms with Crippen molar-refractivity contribution >= 4 is 17.4 Å². The zero-order chi connectivity index (χ0) is 12.5. The minimum absolute atomic E-state index is 0.125. The third kappa shape index (κ3) is 2.83. The molecule has 8 heteroatoms. The summed E-state index contributed by atoms with van der Waals surface area (Å²) in [7, 11) is 0. The maximum Gasteiger partial charge on any atom is 0.390 e. The van der Waals surface area contributed by atoms with Crippen molar-refractivity contribution in [1.82, 2.24) is 9.97 Å². The van der Waals surface area contributed by atoms with E-state index in [0.717, 1.165) is 0 Å². The van der Waals surface area contributed by atoms with Crippen LogP contribution in [0.3, 0.4) is 0 Å². The molecule has 2 rings (SSSR count). The first-order valence-corrected chi connectivity index (χ1v) is 4.87. The lowest BCUT2D eigenvalue weighted by atomic mass is 10.3. The van der Waals surface area contributed by atoms with Gasteiger partial charge < -0.3 is 10.2 Å². The third-order valence-electron chi connectivity index (χ3n) is 2.26. The largest absolute Gasteiger partial charge is 0.390 e. The Kier molecular flexibility index (Phi) is 2.86. The van der Waals surface area contributed by atoms with Crippen LogP contribution in [0.1, 0.15) is 6.42 Å². The molecule has 92 valence electrons. The van der Waals surface area contributed by atoms with E-state index in [-0.39, 0.29) is 19.0 Å². The van der Waals surface area contributed by atoms with Crippen molar-refractivity contribution in [1.29, 1.82) is 0 Å². The average molecular weight is 246 g/mol. The zero-order valence-corrected chi connectivity index (χ0v) is 8.66. The fraction of sp³-hybridized carbons (Fsp3) is 0.444. The van der Waals surface area contributed by atoms with E-state index in [1.807, 2.05) is 0 Å². The lowest BCUT2D eigenvalue weighted by molar-refractivity contribution is -0.133. The highest BCUT2D eigenvalue weighted by Gasteiger charge is 2.30. The van der Waals surface area contributed by atoms with Crippen LogP contribution < -0.4 is 10.2 Å². The van der Waals surface area contributed by atoms with Crippen molar-refractivity contribution in [2.75, 3.05) is 23.3 Å². The molecule has 2 heterocycles. The Labute approximate surface area is 94.7 Å². The van der Waals surface area contributed by atoms with Crippen LogP contribution >= 0.6 is 0 Å². The Morgan fingerprint density at radius 1 is 1.47 bits per heavy atom. The Morgan fingerprint density at radius 2 is 2.24 bits per heavy atom. The fourth-order valence-electron chi connectivity index (χ4n) is 1.55. The first kappa shape index (κ1) is 11.6. The quantitative estimate of drug-likeness (QED) is 0.851. The molecule has 0 aromatic carbocycles. The molecule has 1 aromatic rings. The van der Waals surface area contributed by atoms with Crippen molar-refractivity contribution < 1.29 is 18.0 Å². The summed E-state index contributed by atoms with van der Waals surface area (Å²) in [5.41, 5.74) is 0.339. The molecular weight excluding hydrogens is 237 g/mol. The molecule has 0 unspecified atom stereocenters. The van der Waals surface area contributed by atoms with Gasteiger partial charge in [-0.1, -0.05) is 0 Å². The second-order valence-corrected chi connectivity index (χ2v) is 3.59. The van der Waals surface area contributed by atoms with Gasteiger partial charge in [0.25, 0.3) is 0 Å². The van der Waals surface area contributed by atoms with Gasteiger partial charge in [0.1, 0.15) is 12.0 Å². The van der Waals surface area contributed by atoms with Crippen molar-refractivity contribution in [2.45, 2.75) is 12.6 Å². The monoisotopic (exact) mass is 246 g/mol. The fourth-order valence-corrected chi connectivity index (χ4v) is 1.55. The van der Waals surface area contributed by atoms with Crippen LogP contribution in [-0.2, 0) is 4.79 Å². The highest BCUT2D eigenvalue weighted by Crippen LogP contribution is 2.27. The number of carbonyl (C=O) groups excluding carboxylic acids is 1. The number of hydrogen-bond acceptors (Lipinski definition) is 4. The molecule has 0 radical (unpaired) electrons. The Balaban J connectivity index is 2.15. The Morgan fingerprint density at radius 3 is 2.94 bits per heavy atom. The molecule has 5 nitrogen and oxygen atoms in total. The molecule has 0 saturated carbocycles. The summed E-state index contributed by atoms with van der Waals surface area (Å²) in [5, 5.41) is 2.50. The number of carbonyl (C=O) groups is 1. The van der Waals surface area contributed by atoms with E-state index in [1.165, 1.54) is 17.4 Å². The predicted molar refractivity (Wildman–Crippen MR) is 53.5 cm³/mol. The van der Waals surface area contributed by atoms with Gasteiger partial charge in [0, 0.05) is 6.54 Å². The van der Waals surface area contributed by atoms with Crippen molar-refractivity contribution in [3.63, 3.8) is 0 Å². The van der Waals surface area contributed by atoms with Gasteiger partial charge in [-0.25, -0.2) is 9.97 Å². The number of anilines is 2. The second kappa shape index (κ2) is 4.19. The number of nitrogens with one attached hydrogen (secondary N) is 1. The summed E-state index contributed by atoms with van der Waals surface area (Å²) in [4.78, 5) is 20.1. The molecule has 1 amide bonds. The van der Waals surface area contributed by atoms with Crippen LogP contribution in [0.5, 0.6) is 0 Å². The van der Waals surface area contributed by atoms with E-state index in [4.69, 9.17) is 0 Å². The van der Waals surface area contributed by atoms with Gasteiger partial charge in [0.05, 0.1) is 19.2 Å². The van der Waals surface area contributed by atoms with Crippen molar-refractivity contribution in [2.24, 2.45) is 0 Å². The molecular formula is C9H9F3N4O. The summed E-state index contributed by atoms with van der Waals surface area (Å²) in [6.45, 7) is -0.416. The summed E-state index contributed by atoms with van der Waals surface area (Å²) in [6, 6.07) is 0. The lowest BCUT2D eigenvalue weighted by Gasteiger charge is -2.29. The lowest BCUT2D eigenvalue weighted by Crippen LogP contribution is -2.40. The number of alkyl halides is 3. The van der Waals surface area contributed by atoms with E-state index >= 15 is 0 Å². The molecule has 0 fully saturated rings. The molecule has 1 aromatic heterocycles. The van der Waals surface area contributed by atoms with Crippen molar-refractivity contribution in [3.05, 3.63) is 12.5 Å².